The molecule has 398 valence electrons. The van der Waals surface area contributed by atoms with Gasteiger partial charge in [-0.3, -0.25) is 4.79 Å². The highest BCUT2D eigenvalue weighted by atomic mass is 16.7. The molecule has 0 spiro atoms. The van der Waals surface area contributed by atoms with Gasteiger partial charge in [-0.1, -0.05) is 234 Å². The quantitative estimate of drug-likeness (QED) is 0.0261. The third-order valence-electron chi connectivity index (χ3n) is 13.0. The number of hydrogen-bond acceptors (Lipinski definition) is 8. The second-order valence-electron chi connectivity index (χ2n) is 19.3. The van der Waals surface area contributed by atoms with Crippen LogP contribution in [0.15, 0.2) is 85.1 Å². The van der Waals surface area contributed by atoms with E-state index < -0.39 is 49.5 Å². The number of aliphatic hydroxyl groups excluding tert-OH is 5. The van der Waals surface area contributed by atoms with Crippen molar-refractivity contribution in [3.63, 3.8) is 0 Å². The highest BCUT2D eigenvalue weighted by molar-refractivity contribution is 5.76. The van der Waals surface area contributed by atoms with E-state index in [2.05, 4.69) is 92.1 Å². The van der Waals surface area contributed by atoms with Crippen LogP contribution in [0.25, 0.3) is 0 Å². The van der Waals surface area contributed by atoms with Crippen molar-refractivity contribution in [2.24, 2.45) is 0 Å². The molecule has 7 atom stereocenters. The molecule has 0 bridgehead atoms. The molecule has 1 amide bonds. The molecule has 0 aliphatic carbocycles. The van der Waals surface area contributed by atoms with Gasteiger partial charge in [0.15, 0.2) is 6.29 Å². The van der Waals surface area contributed by atoms with Crippen molar-refractivity contribution in [2.75, 3.05) is 13.2 Å². The van der Waals surface area contributed by atoms with Crippen LogP contribution in [0.3, 0.4) is 0 Å². The van der Waals surface area contributed by atoms with Gasteiger partial charge in [0.2, 0.25) is 5.91 Å². The first-order valence-electron chi connectivity index (χ1n) is 28.3. The summed E-state index contributed by atoms with van der Waals surface area (Å²) >= 11 is 0. The SMILES string of the molecule is CC/C=C\C/C=C\C/C=C\C/C=C\C/C=C\CCCCCCCCCCCCCC(=O)NC(COC1OC(CO)C(O)C(O)C1O)C(O)/C=C/CC/C=C/CCCCCCCCCCCCCCC. The number of unbranched alkanes of at least 4 members (excludes halogenated alkanes) is 25. The van der Waals surface area contributed by atoms with Crippen LogP contribution in [0.1, 0.15) is 232 Å². The van der Waals surface area contributed by atoms with E-state index in [9.17, 15) is 30.3 Å². The first-order chi connectivity index (χ1) is 33.8. The zero-order valence-electron chi connectivity index (χ0n) is 44.0. The Morgan fingerprint density at radius 3 is 1.39 bits per heavy atom. The maximum atomic E-state index is 13.1. The van der Waals surface area contributed by atoms with Crippen molar-refractivity contribution in [3.8, 4) is 0 Å². The lowest BCUT2D eigenvalue weighted by molar-refractivity contribution is -0.302. The number of rotatable bonds is 47. The van der Waals surface area contributed by atoms with Crippen molar-refractivity contribution in [1.82, 2.24) is 5.32 Å². The highest BCUT2D eigenvalue weighted by Gasteiger charge is 2.44. The predicted molar refractivity (Wildman–Crippen MR) is 290 cm³/mol. The van der Waals surface area contributed by atoms with Crippen LogP contribution in [0.4, 0.5) is 0 Å². The van der Waals surface area contributed by atoms with Crippen molar-refractivity contribution in [1.29, 1.82) is 0 Å². The second-order valence-corrected chi connectivity index (χ2v) is 19.3. The van der Waals surface area contributed by atoms with Crippen LogP contribution in [0.2, 0.25) is 0 Å². The molecule has 0 aromatic carbocycles. The summed E-state index contributed by atoms with van der Waals surface area (Å²) in [6.07, 6.45) is 62.1. The molecule has 69 heavy (non-hydrogen) atoms. The fourth-order valence-electron chi connectivity index (χ4n) is 8.49. The zero-order chi connectivity index (χ0) is 50.1. The lowest BCUT2D eigenvalue weighted by Crippen LogP contribution is -2.60. The summed E-state index contributed by atoms with van der Waals surface area (Å²) in [5.74, 6) is -0.192. The van der Waals surface area contributed by atoms with Gasteiger partial charge >= 0.3 is 0 Å². The summed E-state index contributed by atoms with van der Waals surface area (Å²) < 4.78 is 11.3. The summed E-state index contributed by atoms with van der Waals surface area (Å²) in [6, 6.07) is -0.828. The number of carbonyl (C=O) groups excluding carboxylic acids is 1. The number of ether oxygens (including phenoxy) is 2. The average Bonchev–Trinajstić information content (AvgIpc) is 3.35. The topological polar surface area (TPSA) is 149 Å². The van der Waals surface area contributed by atoms with Crippen LogP contribution < -0.4 is 5.32 Å². The molecular formula is C60H105NO8. The van der Waals surface area contributed by atoms with Crippen molar-refractivity contribution in [2.45, 2.75) is 275 Å². The Hall–Kier alpha value is -2.63. The maximum absolute atomic E-state index is 13.1. The van der Waals surface area contributed by atoms with Gasteiger partial charge in [-0.15, -0.1) is 0 Å². The monoisotopic (exact) mass is 968 g/mol. The van der Waals surface area contributed by atoms with E-state index in [1.807, 2.05) is 6.08 Å². The van der Waals surface area contributed by atoms with Crippen molar-refractivity contribution < 1.29 is 39.8 Å². The molecule has 0 radical (unpaired) electrons. The zero-order valence-corrected chi connectivity index (χ0v) is 44.0. The molecule has 1 aliphatic heterocycles. The maximum Gasteiger partial charge on any atom is 0.220 e. The Labute approximate surface area is 422 Å². The Kier molecular flexibility index (Phi) is 45.7. The van der Waals surface area contributed by atoms with E-state index in [-0.39, 0.29) is 12.5 Å². The van der Waals surface area contributed by atoms with Gasteiger partial charge in [0.1, 0.15) is 24.4 Å². The third-order valence-corrected chi connectivity index (χ3v) is 13.0. The predicted octanol–water partition coefficient (Wildman–Crippen LogP) is 13.8. The van der Waals surface area contributed by atoms with Gasteiger partial charge < -0.3 is 40.3 Å². The standard InChI is InChI=1S/C60H105NO8/c1-3-5-7-9-11-13-15-17-19-21-23-24-25-26-27-28-29-30-32-34-36-38-40-42-44-46-48-50-56(64)61-53(52-68-60-59(67)58(66)57(65)55(51-62)69-60)54(63)49-47-45-43-41-39-37-35-33-31-22-20-18-16-14-12-10-8-6-4-2/h5,7,11,13,17,19,23-24,26-27,39,41,47,49,53-55,57-60,62-63,65-67H,3-4,6,8-10,12,14-16,18,20-22,25,28-38,40,42-46,48,50-52H2,1-2H3,(H,61,64)/b7-5-,13-11-,19-17-,24-23-,27-26-,41-39+,49-47+. The fourth-order valence-corrected chi connectivity index (χ4v) is 8.49. The minimum absolute atomic E-state index is 0.192. The van der Waals surface area contributed by atoms with E-state index >= 15 is 0 Å². The van der Waals surface area contributed by atoms with E-state index in [0.29, 0.717) is 6.42 Å². The molecule has 1 saturated heterocycles. The molecule has 6 N–H and O–H groups in total. The van der Waals surface area contributed by atoms with E-state index in [1.54, 1.807) is 6.08 Å². The lowest BCUT2D eigenvalue weighted by atomic mass is 9.99. The molecule has 0 saturated carbocycles. The normalized spacial score (nSPS) is 20.1. The number of nitrogens with one attached hydrogen (secondary N) is 1. The van der Waals surface area contributed by atoms with E-state index in [4.69, 9.17) is 9.47 Å². The van der Waals surface area contributed by atoms with Crippen LogP contribution in [-0.2, 0) is 14.3 Å². The van der Waals surface area contributed by atoms with Crippen molar-refractivity contribution in [3.05, 3.63) is 85.1 Å². The number of hydrogen-bond donors (Lipinski definition) is 6. The molecule has 1 aliphatic rings. The summed E-state index contributed by atoms with van der Waals surface area (Å²) in [5, 5.41) is 54.5. The molecule has 1 fully saturated rings. The van der Waals surface area contributed by atoms with Crippen molar-refractivity contribution >= 4 is 5.91 Å². The smallest absolute Gasteiger partial charge is 0.220 e. The van der Waals surface area contributed by atoms with Gasteiger partial charge in [-0.25, -0.2) is 0 Å². The van der Waals surface area contributed by atoms with Crippen LogP contribution in [-0.4, -0.2) is 87.5 Å². The summed E-state index contributed by atoms with van der Waals surface area (Å²) in [4.78, 5) is 13.1. The third kappa shape index (κ3) is 38.7. The number of amides is 1. The molecule has 7 unspecified atom stereocenters. The second kappa shape index (κ2) is 49.0. The largest absolute Gasteiger partial charge is 0.394 e. The Morgan fingerprint density at radius 2 is 0.913 bits per heavy atom. The van der Waals surface area contributed by atoms with Gasteiger partial charge in [0.05, 0.1) is 25.4 Å². The first kappa shape index (κ1) is 64.4. The Bertz CT molecular complexity index is 1350. The van der Waals surface area contributed by atoms with Gasteiger partial charge in [-0.05, 0) is 77.0 Å². The number of allylic oxidation sites excluding steroid dienone is 13. The van der Waals surface area contributed by atoms with Gasteiger partial charge in [-0.2, -0.15) is 0 Å². The minimum Gasteiger partial charge on any atom is -0.394 e. The van der Waals surface area contributed by atoms with Gasteiger partial charge in [0, 0.05) is 6.42 Å². The molecular weight excluding hydrogens is 863 g/mol. The summed E-state index contributed by atoms with van der Waals surface area (Å²) in [6.45, 7) is 3.65. The lowest BCUT2D eigenvalue weighted by Gasteiger charge is -2.40. The average molecular weight is 968 g/mol. The molecule has 1 rings (SSSR count). The molecule has 1 heterocycles. The van der Waals surface area contributed by atoms with Crippen LogP contribution >= 0.6 is 0 Å². The Balaban J connectivity index is 2.26. The molecule has 9 nitrogen and oxygen atoms in total. The van der Waals surface area contributed by atoms with Gasteiger partial charge in [0.25, 0.3) is 0 Å². The minimum atomic E-state index is -1.58. The van der Waals surface area contributed by atoms with Crippen LogP contribution in [0, 0.1) is 0 Å². The molecule has 9 heteroatoms. The molecule has 0 aromatic heterocycles. The summed E-state index contributed by atoms with van der Waals surface area (Å²) in [7, 11) is 0. The molecule has 0 aromatic rings. The fraction of sp³-hybridized carbons (Fsp3) is 0.750. The first-order valence-corrected chi connectivity index (χ1v) is 28.3. The van der Waals surface area contributed by atoms with Crippen LogP contribution in [0.5, 0.6) is 0 Å². The van der Waals surface area contributed by atoms with E-state index in [1.165, 1.54) is 135 Å². The number of carbonyl (C=O) groups is 1. The summed E-state index contributed by atoms with van der Waals surface area (Å²) in [5.41, 5.74) is 0. The highest BCUT2D eigenvalue weighted by Crippen LogP contribution is 2.23. The van der Waals surface area contributed by atoms with E-state index in [0.717, 1.165) is 77.0 Å². The Morgan fingerprint density at radius 1 is 0.507 bits per heavy atom. The number of aliphatic hydroxyl groups is 5.